The highest BCUT2D eigenvalue weighted by molar-refractivity contribution is 7.13. The Morgan fingerprint density at radius 3 is 2.35 bits per heavy atom. The molecule has 0 amide bonds. The molecule has 3 heterocycles. The van der Waals surface area contributed by atoms with Crippen molar-refractivity contribution in [1.29, 1.82) is 0 Å². The fraction of sp³-hybridized carbons (Fsp3) is 0.259. The quantitative estimate of drug-likeness (QED) is 0.281. The first-order valence-electron chi connectivity index (χ1n) is 11.2. The number of carbonyl (C=O) groups is 1. The van der Waals surface area contributed by atoms with Crippen LogP contribution in [0, 0.1) is 0 Å². The van der Waals surface area contributed by atoms with Crippen LogP contribution in [-0.4, -0.2) is 39.5 Å². The number of methoxy groups -OCH3 is 1. The summed E-state index contributed by atoms with van der Waals surface area (Å²) in [7, 11) is 1.72. The summed E-state index contributed by atoms with van der Waals surface area (Å²) < 4.78 is 14.7. The Morgan fingerprint density at radius 2 is 1.65 bits per heavy atom. The van der Waals surface area contributed by atoms with E-state index >= 15 is 0 Å². The summed E-state index contributed by atoms with van der Waals surface area (Å²) in [6, 6.07) is 16.2. The first-order chi connectivity index (χ1) is 16.4. The van der Waals surface area contributed by atoms with Crippen molar-refractivity contribution in [3.63, 3.8) is 0 Å². The highest BCUT2D eigenvalue weighted by Crippen LogP contribution is 2.37. The lowest BCUT2D eigenvalue weighted by atomic mass is 10.1. The lowest BCUT2D eigenvalue weighted by Gasteiger charge is -2.19. The Kier molecular flexibility index (Phi) is 5.75. The molecule has 5 aromatic rings. The van der Waals surface area contributed by atoms with E-state index in [1.165, 1.54) is 0 Å². The van der Waals surface area contributed by atoms with Gasteiger partial charge in [0, 0.05) is 58.8 Å². The molecule has 2 aromatic carbocycles. The van der Waals surface area contributed by atoms with Crippen molar-refractivity contribution >= 4 is 39.2 Å². The van der Waals surface area contributed by atoms with Crippen molar-refractivity contribution < 1.29 is 14.3 Å². The number of thiazole rings is 1. The van der Waals surface area contributed by atoms with Crippen LogP contribution in [0.2, 0.25) is 0 Å². The first kappa shape index (κ1) is 22.4. The van der Waals surface area contributed by atoms with Crippen LogP contribution in [-0.2, 0) is 16.0 Å². The fourth-order valence-corrected chi connectivity index (χ4v) is 5.00. The standard InChI is InChI=1S/C27H27N3O3S/c1-27(2,3)33-26(31)30-16-21(19-10-6-8-12-24(19)30)25-28-22(17-34-25)20-15-29(13-14-32-4)23-11-7-5-9-18(20)23/h5-12,15-17H,13-14H2,1-4H3. The third kappa shape index (κ3) is 4.13. The number of carbonyl (C=O) groups excluding carboxylic acids is 1. The molecule has 0 aliphatic rings. The highest BCUT2D eigenvalue weighted by atomic mass is 32.1. The molecule has 0 aliphatic heterocycles. The molecule has 6 nitrogen and oxygen atoms in total. The van der Waals surface area contributed by atoms with Gasteiger partial charge in [0.05, 0.1) is 17.8 Å². The molecule has 0 bridgehead atoms. The summed E-state index contributed by atoms with van der Waals surface area (Å²) in [5.74, 6) is 0. The Labute approximate surface area is 202 Å². The predicted octanol–water partition coefficient (Wildman–Crippen LogP) is 6.82. The number of hydrogen-bond acceptors (Lipinski definition) is 5. The highest BCUT2D eigenvalue weighted by Gasteiger charge is 2.22. The summed E-state index contributed by atoms with van der Waals surface area (Å²) in [5.41, 5.74) is 4.31. The van der Waals surface area contributed by atoms with Gasteiger partial charge in [-0.3, -0.25) is 4.57 Å². The van der Waals surface area contributed by atoms with Crippen LogP contribution in [0.25, 0.3) is 43.6 Å². The number of fused-ring (bicyclic) bond motifs is 2. The van der Waals surface area contributed by atoms with Gasteiger partial charge in [0.2, 0.25) is 0 Å². The van der Waals surface area contributed by atoms with E-state index in [0.717, 1.165) is 50.2 Å². The van der Waals surface area contributed by atoms with Gasteiger partial charge in [0.25, 0.3) is 0 Å². The minimum atomic E-state index is -0.575. The fourth-order valence-electron chi connectivity index (χ4n) is 4.16. The molecule has 0 atom stereocenters. The van der Waals surface area contributed by atoms with E-state index in [4.69, 9.17) is 14.5 Å². The number of rotatable bonds is 5. The van der Waals surface area contributed by atoms with E-state index in [9.17, 15) is 4.79 Å². The molecular formula is C27H27N3O3S. The van der Waals surface area contributed by atoms with Crippen molar-refractivity contribution in [2.75, 3.05) is 13.7 Å². The van der Waals surface area contributed by atoms with Crippen LogP contribution < -0.4 is 0 Å². The predicted molar refractivity (Wildman–Crippen MR) is 137 cm³/mol. The van der Waals surface area contributed by atoms with Crippen molar-refractivity contribution in [3.8, 4) is 21.8 Å². The lowest BCUT2D eigenvalue weighted by Crippen LogP contribution is -2.26. The van der Waals surface area contributed by atoms with E-state index in [1.807, 2.05) is 63.4 Å². The van der Waals surface area contributed by atoms with Crippen molar-refractivity contribution in [1.82, 2.24) is 14.1 Å². The second kappa shape index (κ2) is 8.74. The van der Waals surface area contributed by atoms with Gasteiger partial charge in [0.1, 0.15) is 10.6 Å². The zero-order valence-electron chi connectivity index (χ0n) is 19.7. The maximum absolute atomic E-state index is 12.9. The third-order valence-electron chi connectivity index (χ3n) is 5.64. The molecule has 174 valence electrons. The average Bonchev–Trinajstić information content (AvgIpc) is 3.51. The van der Waals surface area contributed by atoms with E-state index in [0.29, 0.717) is 6.61 Å². The second-order valence-corrected chi connectivity index (χ2v) is 10.1. The van der Waals surface area contributed by atoms with E-state index < -0.39 is 11.7 Å². The average molecular weight is 474 g/mol. The van der Waals surface area contributed by atoms with Gasteiger partial charge in [0.15, 0.2) is 0 Å². The van der Waals surface area contributed by atoms with Crippen LogP contribution in [0.1, 0.15) is 20.8 Å². The number of nitrogens with zero attached hydrogens (tertiary/aromatic N) is 3. The van der Waals surface area contributed by atoms with E-state index in [1.54, 1.807) is 23.0 Å². The summed E-state index contributed by atoms with van der Waals surface area (Å²) in [6.45, 7) is 7.02. The van der Waals surface area contributed by atoms with Crippen molar-refractivity contribution in [3.05, 3.63) is 66.3 Å². The molecule has 0 radical (unpaired) electrons. The molecule has 7 heteroatoms. The maximum atomic E-state index is 12.9. The van der Waals surface area contributed by atoms with Crippen LogP contribution >= 0.6 is 11.3 Å². The molecule has 5 rings (SSSR count). The van der Waals surface area contributed by atoms with Gasteiger partial charge in [-0.05, 0) is 32.9 Å². The van der Waals surface area contributed by atoms with Gasteiger partial charge >= 0.3 is 6.09 Å². The van der Waals surface area contributed by atoms with Crippen LogP contribution in [0.3, 0.4) is 0 Å². The third-order valence-corrected chi connectivity index (χ3v) is 6.51. The molecule has 0 saturated heterocycles. The number of aromatic nitrogens is 3. The zero-order chi connectivity index (χ0) is 23.9. The van der Waals surface area contributed by atoms with Gasteiger partial charge in [-0.15, -0.1) is 11.3 Å². The molecule has 34 heavy (non-hydrogen) atoms. The minimum absolute atomic E-state index is 0.395. The van der Waals surface area contributed by atoms with E-state index in [-0.39, 0.29) is 0 Å². The molecule has 3 aromatic heterocycles. The Hall–Kier alpha value is -3.42. The summed E-state index contributed by atoms with van der Waals surface area (Å²) >= 11 is 1.58. The first-order valence-corrected chi connectivity index (χ1v) is 12.1. The Balaban J connectivity index is 1.58. The molecule has 0 saturated carbocycles. The topological polar surface area (TPSA) is 58.3 Å². The summed E-state index contributed by atoms with van der Waals surface area (Å²) in [4.78, 5) is 17.9. The number of para-hydroxylation sites is 2. The second-order valence-electron chi connectivity index (χ2n) is 9.19. The Morgan fingerprint density at radius 1 is 0.971 bits per heavy atom. The van der Waals surface area contributed by atoms with Gasteiger partial charge < -0.3 is 14.0 Å². The van der Waals surface area contributed by atoms with Crippen LogP contribution in [0.5, 0.6) is 0 Å². The number of ether oxygens (including phenoxy) is 2. The van der Waals surface area contributed by atoms with Crippen LogP contribution in [0.15, 0.2) is 66.3 Å². The maximum Gasteiger partial charge on any atom is 0.419 e. The summed E-state index contributed by atoms with van der Waals surface area (Å²) in [6.07, 6.45) is 3.59. The molecule has 0 unspecified atom stereocenters. The monoisotopic (exact) mass is 473 g/mol. The molecular weight excluding hydrogens is 446 g/mol. The summed E-state index contributed by atoms with van der Waals surface area (Å²) in [5, 5.41) is 5.07. The number of benzene rings is 2. The van der Waals surface area contributed by atoms with E-state index in [2.05, 4.69) is 28.3 Å². The minimum Gasteiger partial charge on any atom is -0.443 e. The lowest BCUT2D eigenvalue weighted by molar-refractivity contribution is 0.0544. The molecule has 0 aliphatic carbocycles. The number of hydrogen-bond donors (Lipinski definition) is 0. The van der Waals surface area contributed by atoms with Crippen LogP contribution in [0.4, 0.5) is 4.79 Å². The molecule has 0 N–H and O–H groups in total. The SMILES string of the molecule is COCCn1cc(-c2csc(-c3cn(C(=O)OC(C)(C)C)c4ccccc34)n2)c2ccccc21. The van der Waals surface area contributed by atoms with Gasteiger partial charge in [-0.2, -0.15) is 0 Å². The Bertz CT molecular complexity index is 1490. The van der Waals surface area contributed by atoms with Gasteiger partial charge in [-0.25, -0.2) is 9.78 Å². The van der Waals surface area contributed by atoms with Crippen molar-refractivity contribution in [2.45, 2.75) is 32.9 Å². The molecule has 0 fully saturated rings. The molecule has 0 spiro atoms. The smallest absolute Gasteiger partial charge is 0.419 e. The zero-order valence-corrected chi connectivity index (χ0v) is 20.6. The van der Waals surface area contributed by atoms with Crippen molar-refractivity contribution in [2.24, 2.45) is 0 Å². The van der Waals surface area contributed by atoms with Gasteiger partial charge in [-0.1, -0.05) is 36.4 Å². The largest absolute Gasteiger partial charge is 0.443 e. The normalized spacial score (nSPS) is 12.0.